The van der Waals surface area contributed by atoms with Crippen LogP contribution in [0.1, 0.15) is 42.9 Å². The average molecular weight is 497 g/mol. The van der Waals surface area contributed by atoms with Gasteiger partial charge in [-0.3, -0.25) is 9.69 Å². The van der Waals surface area contributed by atoms with Crippen LogP contribution in [0.4, 0.5) is 0 Å². The lowest BCUT2D eigenvalue weighted by Gasteiger charge is -2.32. The molecule has 2 aliphatic rings. The number of ether oxygens (including phenoxy) is 1. The Labute approximate surface area is 207 Å². The predicted octanol–water partition coefficient (Wildman–Crippen LogP) is 2.92. The number of carbonyl (C=O) groups excluding carboxylic acids is 1. The number of piperidine rings is 1. The molecule has 35 heavy (non-hydrogen) atoms. The summed E-state index contributed by atoms with van der Waals surface area (Å²) in [6.45, 7) is 3.04. The minimum atomic E-state index is -3.77. The van der Waals surface area contributed by atoms with Crippen LogP contribution >= 0.6 is 0 Å². The van der Waals surface area contributed by atoms with E-state index in [1.54, 1.807) is 19.2 Å². The topological polar surface area (TPSA) is 103 Å². The zero-order chi connectivity index (χ0) is 24.8. The van der Waals surface area contributed by atoms with E-state index in [4.69, 9.17) is 4.74 Å². The number of rotatable bonds is 8. The van der Waals surface area contributed by atoms with Crippen LogP contribution in [0.2, 0.25) is 0 Å². The Morgan fingerprint density at radius 1 is 1.09 bits per heavy atom. The second-order valence-corrected chi connectivity index (χ2v) is 11.0. The number of amides is 1. The molecule has 186 valence electrons. The molecule has 0 aliphatic carbocycles. The lowest BCUT2D eigenvalue weighted by Crippen LogP contribution is -2.44. The molecule has 2 fully saturated rings. The van der Waals surface area contributed by atoms with Crippen molar-refractivity contribution in [2.24, 2.45) is 5.92 Å². The normalized spacial score (nSPS) is 18.6. The number of benzene rings is 2. The van der Waals surface area contributed by atoms with E-state index in [9.17, 15) is 18.5 Å². The van der Waals surface area contributed by atoms with Gasteiger partial charge in [0.1, 0.15) is 11.8 Å². The molecule has 1 unspecified atom stereocenters. The van der Waals surface area contributed by atoms with Crippen LogP contribution < -0.4 is 10.1 Å². The summed E-state index contributed by atoms with van der Waals surface area (Å²) >= 11 is 0. The monoisotopic (exact) mass is 496 g/mol. The maximum Gasteiger partial charge on any atom is 0.244 e. The third kappa shape index (κ3) is 5.67. The predicted molar refractivity (Wildman–Crippen MR) is 132 cm³/mol. The standard InChI is InChI=1S/C26H32N4O4S/c1-34-23-10-8-20(9-11-23)24(29-14-4-5-15-29)19-28-26(31)21-12-16-30(17-13-21)35(32,33)25-7-3-2-6-22(25)18-27/h2-3,6-11,21,24H,4-5,12-17,19H2,1H3,(H,28,31). The van der Waals surface area contributed by atoms with Gasteiger partial charge in [-0.05, 0) is 68.6 Å². The average Bonchev–Trinajstić information content (AvgIpc) is 3.44. The first-order valence-corrected chi connectivity index (χ1v) is 13.5. The van der Waals surface area contributed by atoms with Gasteiger partial charge in [-0.25, -0.2) is 8.42 Å². The molecule has 0 spiro atoms. The second kappa shape index (κ2) is 11.2. The Kier molecular flexibility index (Phi) is 8.06. The van der Waals surface area contributed by atoms with E-state index in [2.05, 4.69) is 22.3 Å². The Morgan fingerprint density at radius 2 is 1.74 bits per heavy atom. The number of nitrogens with one attached hydrogen (secondary N) is 1. The largest absolute Gasteiger partial charge is 0.497 e. The van der Waals surface area contributed by atoms with Gasteiger partial charge in [-0.2, -0.15) is 9.57 Å². The quantitative estimate of drug-likeness (QED) is 0.603. The maximum atomic E-state index is 13.1. The maximum absolute atomic E-state index is 13.1. The molecule has 2 aromatic carbocycles. The Bertz CT molecular complexity index is 1160. The van der Waals surface area contributed by atoms with Crippen molar-refractivity contribution in [3.8, 4) is 11.8 Å². The van der Waals surface area contributed by atoms with Gasteiger partial charge in [-0.1, -0.05) is 24.3 Å². The third-order valence-electron chi connectivity index (χ3n) is 7.00. The van der Waals surface area contributed by atoms with E-state index in [1.807, 2.05) is 18.2 Å². The van der Waals surface area contributed by atoms with Crippen LogP contribution in [-0.4, -0.2) is 63.4 Å². The minimum absolute atomic E-state index is 0.0262. The molecule has 1 atom stereocenters. The molecule has 2 aromatic rings. The highest BCUT2D eigenvalue weighted by Gasteiger charge is 2.34. The number of carbonyl (C=O) groups is 1. The summed E-state index contributed by atoms with van der Waals surface area (Å²) in [5.74, 6) is 0.539. The first kappa shape index (κ1) is 25.2. The van der Waals surface area contributed by atoms with Crippen molar-refractivity contribution in [3.05, 3.63) is 59.7 Å². The zero-order valence-electron chi connectivity index (χ0n) is 20.0. The van der Waals surface area contributed by atoms with E-state index >= 15 is 0 Å². The van der Waals surface area contributed by atoms with Crippen LogP contribution in [0.5, 0.6) is 5.75 Å². The minimum Gasteiger partial charge on any atom is -0.497 e. The summed E-state index contributed by atoms with van der Waals surface area (Å²) in [4.78, 5) is 15.4. The smallest absolute Gasteiger partial charge is 0.244 e. The number of methoxy groups -OCH3 is 1. The number of nitrogens with zero attached hydrogens (tertiary/aromatic N) is 3. The summed E-state index contributed by atoms with van der Waals surface area (Å²) < 4.78 is 32.8. The summed E-state index contributed by atoms with van der Waals surface area (Å²) in [5, 5.41) is 12.4. The second-order valence-electron chi connectivity index (χ2n) is 9.06. The molecular formula is C26H32N4O4S. The van der Waals surface area contributed by atoms with Gasteiger partial charge in [0.15, 0.2) is 0 Å². The van der Waals surface area contributed by atoms with Gasteiger partial charge < -0.3 is 10.1 Å². The summed E-state index contributed by atoms with van der Waals surface area (Å²) in [7, 11) is -2.13. The lowest BCUT2D eigenvalue weighted by atomic mass is 9.97. The van der Waals surface area contributed by atoms with Crippen LogP contribution in [0.3, 0.4) is 0 Å². The summed E-state index contributed by atoms with van der Waals surface area (Å²) in [6, 6.07) is 16.3. The van der Waals surface area contributed by atoms with Crippen LogP contribution in [0.25, 0.3) is 0 Å². The van der Waals surface area contributed by atoms with Crippen molar-refractivity contribution in [3.63, 3.8) is 0 Å². The fraction of sp³-hybridized carbons (Fsp3) is 0.462. The Hall–Kier alpha value is -2.93. The first-order valence-electron chi connectivity index (χ1n) is 12.1. The molecule has 0 aromatic heterocycles. The lowest BCUT2D eigenvalue weighted by molar-refractivity contribution is -0.126. The molecule has 0 radical (unpaired) electrons. The fourth-order valence-corrected chi connectivity index (χ4v) is 6.57. The molecule has 9 heteroatoms. The number of likely N-dealkylation sites (tertiary alicyclic amines) is 1. The van der Waals surface area contributed by atoms with E-state index in [1.165, 1.54) is 16.4 Å². The van der Waals surface area contributed by atoms with Gasteiger partial charge >= 0.3 is 0 Å². The van der Waals surface area contributed by atoms with Gasteiger partial charge in [0.05, 0.1) is 23.6 Å². The van der Waals surface area contributed by atoms with Crippen molar-refractivity contribution >= 4 is 15.9 Å². The van der Waals surface area contributed by atoms with Gasteiger partial charge in [0, 0.05) is 25.6 Å². The van der Waals surface area contributed by atoms with Gasteiger partial charge in [0.25, 0.3) is 0 Å². The van der Waals surface area contributed by atoms with Crippen molar-refractivity contribution < 1.29 is 17.9 Å². The molecule has 0 saturated carbocycles. The molecular weight excluding hydrogens is 464 g/mol. The molecule has 1 amide bonds. The molecule has 8 nitrogen and oxygen atoms in total. The van der Waals surface area contributed by atoms with E-state index in [0.29, 0.717) is 19.4 Å². The van der Waals surface area contributed by atoms with Crippen molar-refractivity contribution in [2.45, 2.75) is 36.6 Å². The number of hydrogen-bond acceptors (Lipinski definition) is 6. The first-order chi connectivity index (χ1) is 16.9. The van der Waals surface area contributed by atoms with E-state index < -0.39 is 10.0 Å². The Morgan fingerprint density at radius 3 is 2.37 bits per heavy atom. The molecule has 0 bridgehead atoms. The van der Waals surface area contributed by atoms with E-state index in [0.717, 1.165) is 37.2 Å². The molecule has 4 rings (SSSR count). The van der Waals surface area contributed by atoms with Crippen LogP contribution in [-0.2, 0) is 14.8 Å². The van der Waals surface area contributed by atoms with Crippen molar-refractivity contribution in [1.29, 1.82) is 5.26 Å². The number of nitriles is 1. The molecule has 2 saturated heterocycles. The van der Waals surface area contributed by atoms with Crippen LogP contribution in [0.15, 0.2) is 53.4 Å². The molecule has 2 heterocycles. The number of hydrogen-bond donors (Lipinski definition) is 1. The third-order valence-corrected chi connectivity index (χ3v) is 8.96. The highest BCUT2D eigenvalue weighted by molar-refractivity contribution is 7.89. The van der Waals surface area contributed by atoms with Crippen LogP contribution in [0, 0.1) is 17.2 Å². The van der Waals surface area contributed by atoms with Gasteiger partial charge in [-0.15, -0.1) is 0 Å². The summed E-state index contributed by atoms with van der Waals surface area (Å²) in [5.41, 5.74) is 1.28. The molecule has 1 N–H and O–H groups in total. The molecule has 2 aliphatic heterocycles. The SMILES string of the molecule is COc1ccc(C(CNC(=O)C2CCN(S(=O)(=O)c3ccccc3C#N)CC2)N2CCCC2)cc1. The van der Waals surface area contributed by atoms with Crippen molar-refractivity contribution in [1.82, 2.24) is 14.5 Å². The fourth-order valence-electron chi connectivity index (χ4n) is 4.96. The highest BCUT2D eigenvalue weighted by atomic mass is 32.2. The Balaban J connectivity index is 1.36. The highest BCUT2D eigenvalue weighted by Crippen LogP contribution is 2.28. The number of sulfonamides is 1. The summed E-state index contributed by atoms with van der Waals surface area (Å²) in [6.07, 6.45) is 3.22. The van der Waals surface area contributed by atoms with E-state index in [-0.39, 0.29) is 41.4 Å². The van der Waals surface area contributed by atoms with Crippen molar-refractivity contribution in [2.75, 3.05) is 39.8 Å². The zero-order valence-corrected chi connectivity index (χ0v) is 20.8. The van der Waals surface area contributed by atoms with Gasteiger partial charge in [0.2, 0.25) is 15.9 Å².